The van der Waals surface area contributed by atoms with E-state index in [0.717, 1.165) is 18.7 Å². The molecule has 0 spiro atoms. The van der Waals surface area contributed by atoms with E-state index in [1.54, 1.807) is 36.4 Å². The largest absolute Gasteiger partial charge is 0.507 e. The Labute approximate surface area is 244 Å². The Kier molecular flexibility index (Phi) is 9.24. The van der Waals surface area contributed by atoms with Gasteiger partial charge in [-0.25, -0.2) is 0 Å². The molecule has 1 amide bonds. The van der Waals surface area contributed by atoms with Gasteiger partial charge in [-0.2, -0.15) is 0 Å². The molecule has 0 bridgehead atoms. The van der Waals surface area contributed by atoms with Gasteiger partial charge in [0.1, 0.15) is 12.4 Å². The fraction of sp³-hybridized carbons (Fsp3) is 0.312. The number of likely N-dealkylation sites (tertiary alicyclic amines) is 1. The zero-order valence-electron chi connectivity index (χ0n) is 22.9. The molecule has 3 aromatic rings. The van der Waals surface area contributed by atoms with Crippen LogP contribution < -0.4 is 9.47 Å². The number of hydrogen-bond donors (Lipinski definition) is 1. The summed E-state index contributed by atoms with van der Waals surface area (Å²) in [6, 6.07) is 20.9. The number of nitrogens with zero attached hydrogens (tertiary/aromatic N) is 2. The normalized spacial score (nSPS) is 19.0. The number of Topliss-reactive ketones (excluding diaryl/α,β-unsaturated/α-hetero) is 1. The number of carbonyl (C=O) groups excluding carboxylic acids is 2. The fourth-order valence-electron chi connectivity index (χ4n) is 5.11. The predicted molar refractivity (Wildman–Crippen MR) is 156 cm³/mol. The third-order valence-electron chi connectivity index (χ3n) is 7.24. The Morgan fingerprint density at radius 3 is 2.39 bits per heavy atom. The van der Waals surface area contributed by atoms with Crippen molar-refractivity contribution in [3.05, 3.63) is 100 Å². The minimum atomic E-state index is -0.811. The maximum atomic E-state index is 13.4. The van der Waals surface area contributed by atoms with Crippen molar-refractivity contribution < 1.29 is 28.9 Å². The zero-order chi connectivity index (χ0) is 28.8. The number of aliphatic hydroxyl groups is 1. The lowest BCUT2D eigenvalue weighted by molar-refractivity contribution is -0.140. The molecule has 0 aliphatic carbocycles. The van der Waals surface area contributed by atoms with Crippen molar-refractivity contribution in [1.29, 1.82) is 0 Å². The molecule has 41 heavy (non-hydrogen) atoms. The molecule has 1 N–H and O–H groups in total. The molecule has 2 aliphatic rings. The number of benzene rings is 3. The molecule has 0 radical (unpaired) electrons. The van der Waals surface area contributed by atoms with Gasteiger partial charge in [-0.1, -0.05) is 48.0 Å². The van der Waals surface area contributed by atoms with Gasteiger partial charge >= 0.3 is 0 Å². The average Bonchev–Trinajstić information content (AvgIpc) is 3.25. The van der Waals surface area contributed by atoms with E-state index in [4.69, 9.17) is 25.8 Å². The van der Waals surface area contributed by atoms with Gasteiger partial charge in [-0.3, -0.25) is 14.5 Å². The molecule has 0 saturated carbocycles. The third-order valence-corrected chi connectivity index (χ3v) is 7.49. The Morgan fingerprint density at radius 1 is 0.951 bits per heavy atom. The van der Waals surface area contributed by atoms with E-state index >= 15 is 0 Å². The molecule has 1 unspecified atom stereocenters. The van der Waals surface area contributed by atoms with E-state index in [1.165, 1.54) is 4.90 Å². The minimum absolute atomic E-state index is 0.0275. The first-order valence-electron chi connectivity index (χ1n) is 13.7. The van der Waals surface area contributed by atoms with E-state index in [0.29, 0.717) is 67.2 Å². The van der Waals surface area contributed by atoms with Gasteiger partial charge in [0, 0.05) is 36.8 Å². The zero-order valence-corrected chi connectivity index (χ0v) is 23.7. The van der Waals surface area contributed by atoms with Crippen molar-refractivity contribution in [2.75, 3.05) is 46.0 Å². The first-order chi connectivity index (χ1) is 20.0. The second-order valence-corrected chi connectivity index (χ2v) is 10.3. The molecule has 214 valence electrons. The van der Waals surface area contributed by atoms with Crippen LogP contribution in [0.25, 0.3) is 5.76 Å². The highest BCUT2D eigenvalue weighted by atomic mass is 35.5. The quantitative estimate of drug-likeness (QED) is 0.205. The molecular formula is C32H33ClN2O6. The summed E-state index contributed by atoms with van der Waals surface area (Å²) in [5, 5.41) is 11.9. The van der Waals surface area contributed by atoms with E-state index in [1.807, 2.05) is 43.3 Å². The van der Waals surface area contributed by atoms with Crippen molar-refractivity contribution in [2.24, 2.45) is 0 Å². The molecule has 9 heteroatoms. The van der Waals surface area contributed by atoms with Crippen molar-refractivity contribution in [1.82, 2.24) is 9.80 Å². The molecule has 3 aromatic carbocycles. The van der Waals surface area contributed by atoms with Crippen LogP contribution in [0.15, 0.2) is 78.4 Å². The number of ether oxygens (including phenoxy) is 3. The number of carbonyl (C=O) groups is 2. The molecule has 1 atom stereocenters. The predicted octanol–water partition coefficient (Wildman–Crippen LogP) is 5.07. The highest BCUT2D eigenvalue weighted by Crippen LogP contribution is 2.42. The second kappa shape index (κ2) is 13.2. The molecule has 5 rings (SSSR count). The first kappa shape index (κ1) is 28.7. The monoisotopic (exact) mass is 576 g/mol. The topological polar surface area (TPSA) is 88.5 Å². The Hall–Kier alpha value is -3.85. The number of aliphatic hydroxyl groups excluding tert-OH is 1. The van der Waals surface area contributed by atoms with E-state index < -0.39 is 17.7 Å². The number of hydrogen-bond acceptors (Lipinski definition) is 7. The lowest BCUT2D eigenvalue weighted by Gasteiger charge is -2.31. The van der Waals surface area contributed by atoms with Crippen molar-refractivity contribution in [3.63, 3.8) is 0 Å². The maximum absolute atomic E-state index is 13.4. The molecule has 2 aliphatic heterocycles. The highest BCUT2D eigenvalue weighted by Gasteiger charge is 2.46. The Bertz CT molecular complexity index is 1400. The van der Waals surface area contributed by atoms with Gasteiger partial charge in [0.2, 0.25) is 0 Å². The number of ketones is 1. The SMILES string of the molecule is CCOc1cc(C2C(=C(O)c3ccc(Cl)cc3)C(=O)C(=O)N2CCN2CCOCC2)ccc1OCc1ccccc1. The molecular weight excluding hydrogens is 544 g/mol. The van der Waals surface area contributed by atoms with Gasteiger partial charge in [0.15, 0.2) is 11.5 Å². The van der Waals surface area contributed by atoms with Crippen LogP contribution in [0.4, 0.5) is 0 Å². The van der Waals surface area contributed by atoms with Gasteiger partial charge in [0.05, 0.1) is 31.4 Å². The van der Waals surface area contributed by atoms with Crippen LogP contribution in [0.3, 0.4) is 0 Å². The van der Waals surface area contributed by atoms with Crippen LogP contribution in [-0.4, -0.2) is 72.6 Å². The number of morpholine rings is 1. The maximum Gasteiger partial charge on any atom is 0.295 e. The summed E-state index contributed by atoms with van der Waals surface area (Å²) < 4.78 is 17.5. The standard InChI is InChI=1S/C32H33ClN2O6/c1-2-40-27-20-24(10-13-26(27)41-21-22-6-4-3-5-7-22)29-28(30(36)23-8-11-25(33)12-9-23)31(37)32(38)35(29)15-14-34-16-18-39-19-17-34/h3-13,20,29,36H,2,14-19,21H2,1H3. The number of amides is 1. The van der Waals surface area contributed by atoms with Crippen LogP contribution in [0.5, 0.6) is 11.5 Å². The summed E-state index contributed by atoms with van der Waals surface area (Å²) in [5.74, 6) is -0.595. The van der Waals surface area contributed by atoms with Gasteiger partial charge < -0.3 is 24.2 Å². The Balaban J connectivity index is 1.52. The van der Waals surface area contributed by atoms with Gasteiger partial charge in [-0.05, 0) is 54.4 Å². The molecule has 8 nitrogen and oxygen atoms in total. The van der Waals surface area contributed by atoms with Crippen LogP contribution >= 0.6 is 11.6 Å². The summed E-state index contributed by atoms with van der Waals surface area (Å²) in [4.78, 5) is 30.6. The average molecular weight is 577 g/mol. The van der Waals surface area contributed by atoms with E-state index in [9.17, 15) is 14.7 Å². The highest BCUT2D eigenvalue weighted by molar-refractivity contribution is 6.46. The first-order valence-corrected chi connectivity index (χ1v) is 14.1. The fourth-order valence-corrected chi connectivity index (χ4v) is 5.24. The van der Waals surface area contributed by atoms with Gasteiger partial charge in [0.25, 0.3) is 11.7 Å². The van der Waals surface area contributed by atoms with Crippen LogP contribution in [0.2, 0.25) is 5.02 Å². The summed E-state index contributed by atoms with van der Waals surface area (Å²) in [5.41, 5.74) is 2.08. The van der Waals surface area contributed by atoms with E-state index in [2.05, 4.69) is 4.90 Å². The third kappa shape index (κ3) is 6.56. The molecule has 0 aromatic heterocycles. The number of rotatable bonds is 10. The summed E-state index contributed by atoms with van der Waals surface area (Å²) in [6.07, 6.45) is 0. The lowest BCUT2D eigenvalue weighted by Crippen LogP contribution is -2.42. The van der Waals surface area contributed by atoms with Crippen LogP contribution in [-0.2, 0) is 20.9 Å². The smallest absolute Gasteiger partial charge is 0.295 e. The van der Waals surface area contributed by atoms with Crippen molar-refractivity contribution in [2.45, 2.75) is 19.6 Å². The Morgan fingerprint density at radius 2 is 1.68 bits per heavy atom. The minimum Gasteiger partial charge on any atom is -0.507 e. The summed E-state index contributed by atoms with van der Waals surface area (Å²) >= 11 is 6.05. The summed E-state index contributed by atoms with van der Waals surface area (Å²) in [6.45, 7) is 6.27. The van der Waals surface area contributed by atoms with Crippen molar-refractivity contribution >= 4 is 29.1 Å². The molecule has 2 heterocycles. The van der Waals surface area contributed by atoms with E-state index in [-0.39, 0.29) is 11.3 Å². The van der Waals surface area contributed by atoms with Crippen molar-refractivity contribution in [3.8, 4) is 11.5 Å². The second-order valence-electron chi connectivity index (χ2n) is 9.87. The van der Waals surface area contributed by atoms with Crippen LogP contribution in [0.1, 0.15) is 29.7 Å². The van der Waals surface area contributed by atoms with Crippen LogP contribution in [0, 0.1) is 0 Å². The summed E-state index contributed by atoms with van der Waals surface area (Å²) in [7, 11) is 0. The number of halogens is 1. The lowest BCUT2D eigenvalue weighted by atomic mass is 9.95. The molecule has 2 fully saturated rings. The molecule has 2 saturated heterocycles. The van der Waals surface area contributed by atoms with Gasteiger partial charge in [-0.15, -0.1) is 0 Å².